The lowest BCUT2D eigenvalue weighted by molar-refractivity contribution is -0.124. The fourth-order valence-corrected chi connectivity index (χ4v) is 2.20. The molecule has 1 N–H and O–H groups in total. The first-order chi connectivity index (χ1) is 5.52. The summed E-state index contributed by atoms with van der Waals surface area (Å²) in [5.74, 6) is 1.13. The average Bonchev–Trinajstić information content (AvgIpc) is 2.16. The van der Waals surface area contributed by atoms with E-state index in [0.29, 0.717) is 18.1 Å². The molecule has 0 aliphatic heterocycles. The van der Waals surface area contributed by atoms with Crippen molar-refractivity contribution in [1.29, 1.82) is 0 Å². The summed E-state index contributed by atoms with van der Waals surface area (Å²) in [4.78, 5) is 11.5. The third-order valence-corrected chi connectivity index (χ3v) is 2.86. The van der Waals surface area contributed by atoms with Crippen LogP contribution in [0.15, 0.2) is 0 Å². The van der Waals surface area contributed by atoms with E-state index < -0.39 is 0 Å². The molecule has 12 heavy (non-hydrogen) atoms. The fraction of sp³-hybridized carbons (Fsp3) is 0.900. The molecule has 0 saturated heterocycles. The van der Waals surface area contributed by atoms with Gasteiger partial charge in [-0.3, -0.25) is 4.79 Å². The highest BCUT2D eigenvalue weighted by atomic mass is 16.3. The zero-order chi connectivity index (χ0) is 9.30. The van der Waals surface area contributed by atoms with Crippen molar-refractivity contribution in [3.8, 4) is 0 Å². The molecule has 0 bridgehead atoms. The summed E-state index contributed by atoms with van der Waals surface area (Å²) >= 11 is 0. The molecule has 0 aromatic heterocycles. The SMILES string of the molecule is CC1CC(C)[C@@H](C[C@H](C)O)C1=O. The molecule has 2 heteroatoms. The Morgan fingerprint density at radius 1 is 1.58 bits per heavy atom. The average molecular weight is 170 g/mol. The monoisotopic (exact) mass is 170 g/mol. The van der Waals surface area contributed by atoms with E-state index in [2.05, 4.69) is 6.92 Å². The Balaban J connectivity index is 2.57. The van der Waals surface area contributed by atoms with E-state index in [9.17, 15) is 9.90 Å². The minimum Gasteiger partial charge on any atom is -0.393 e. The van der Waals surface area contributed by atoms with E-state index in [0.717, 1.165) is 6.42 Å². The summed E-state index contributed by atoms with van der Waals surface area (Å²) in [6, 6.07) is 0. The van der Waals surface area contributed by atoms with Crippen LogP contribution in [0.1, 0.15) is 33.6 Å². The zero-order valence-corrected chi connectivity index (χ0v) is 8.08. The lowest BCUT2D eigenvalue weighted by Gasteiger charge is -2.14. The first-order valence-corrected chi connectivity index (χ1v) is 4.74. The van der Waals surface area contributed by atoms with Gasteiger partial charge in [-0.1, -0.05) is 13.8 Å². The summed E-state index contributed by atoms with van der Waals surface area (Å²) in [5.41, 5.74) is 0. The Kier molecular flexibility index (Phi) is 2.89. The second kappa shape index (κ2) is 3.56. The summed E-state index contributed by atoms with van der Waals surface area (Å²) in [6.07, 6.45) is 1.30. The Morgan fingerprint density at radius 2 is 2.17 bits per heavy atom. The van der Waals surface area contributed by atoms with Crippen LogP contribution in [0, 0.1) is 17.8 Å². The van der Waals surface area contributed by atoms with Gasteiger partial charge in [0.1, 0.15) is 5.78 Å². The predicted octanol–water partition coefficient (Wildman–Crippen LogP) is 1.62. The number of hydrogen-bond donors (Lipinski definition) is 1. The van der Waals surface area contributed by atoms with Gasteiger partial charge in [-0.25, -0.2) is 0 Å². The number of aliphatic hydroxyl groups is 1. The van der Waals surface area contributed by atoms with Gasteiger partial charge < -0.3 is 5.11 Å². The number of aliphatic hydroxyl groups excluding tert-OH is 1. The number of Topliss-reactive ketones (excluding diaryl/α,β-unsaturated/α-hetero) is 1. The van der Waals surface area contributed by atoms with Crippen LogP contribution < -0.4 is 0 Å². The molecule has 0 aromatic rings. The van der Waals surface area contributed by atoms with E-state index in [1.807, 2.05) is 6.92 Å². The van der Waals surface area contributed by atoms with Crippen molar-refractivity contribution < 1.29 is 9.90 Å². The van der Waals surface area contributed by atoms with Crippen LogP contribution in [-0.2, 0) is 4.79 Å². The standard InChI is InChI=1S/C10H18O2/c1-6-4-7(2)10(12)9(6)5-8(3)11/h6-9,11H,4-5H2,1-3H3/t6?,7?,8-,9+/m0/s1. The largest absolute Gasteiger partial charge is 0.393 e. The van der Waals surface area contributed by atoms with E-state index >= 15 is 0 Å². The van der Waals surface area contributed by atoms with Crippen LogP contribution in [0.25, 0.3) is 0 Å². The summed E-state index contributed by atoms with van der Waals surface area (Å²) < 4.78 is 0. The molecule has 1 aliphatic carbocycles. The van der Waals surface area contributed by atoms with Gasteiger partial charge in [0.25, 0.3) is 0 Å². The maximum Gasteiger partial charge on any atom is 0.139 e. The van der Waals surface area contributed by atoms with Crippen molar-refractivity contribution in [2.24, 2.45) is 17.8 Å². The highest BCUT2D eigenvalue weighted by Crippen LogP contribution is 2.35. The minimum absolute atomic E-state index is 0.111. The molecule has 1 aliphatic rings. The van der Waals surface area contributed by atoms with Gasteiger partial charge in [0, 0.05) is 11.8 Å². The molecule has 1 fully saturated rings. The van der Waals surface area contributed by atoms with Crippen LogP contribution >= 0.6 is 0 Å². The summed E-state index contributed by atoms with van der Waals surface area (Å²) in [6.45, 7) is 5.85. The summed E-state index contributed by atoms with van der Waals surface area (Å²) in [7, 11) is 0. The molecule has 2 nitrogen and oxygen atoms in total. The van der Waals surface area contributed by atoms with Crippen molar-refractivity contribution in [3.63, 3.8) is 0 Å². The molecule has 2 unspecified atom stereocenters. The van der Waals surface area contributed by atoms with Crippen molar-refractivity contribution in [2.45, 2.75) is 39.7 Å². The number of ketones is 1. The molecule has 1 rings (SSSR count). The second-order valence-electron chi connectivity index (χ2n) is 4.21. The molecule has 0 spiro atoms. The van der Waals surface area contributed by atoms with Crippen molar-refractivity contribution in [1.82, 2.24) is 0 Å². The summed E-state index contributed by atoms with van der Waals surface area (Å²) in [5, 5.41) is 9.18. The van der Waals surface area contributed by atoms with Gasteiger partial charge in [-0.2, -0.15) is 0 Å². The molecule has 1 saturated carbocycles. The lowest BCUT2D eigenvalue weighted by atomic mass is 9.92. The molecule has 0 heterocycles. The molecular weight excluding hydrogens is 152 g/mol. The van der Waals surface area contributed by atoms with Crippen molar-refractivity contribution in [3.05, 3.63) is 0 Å². The third kappa shape index (κ3) is 1.86. The smallest absolute Gasteiger partial charge is 0.139 e. The van der Waals surface area contributed by atoms with E-state index in [1.165, 1.54) is 0 Å². The highest BCUT2D eigenvalue weighted by Gasteiger charge is 2.37. The Labute approximate surface area is 74.0 Å². The first kappa shape index (κ1) is 9.72. The molecule has 0 aromatic carbocycles. The lowest BCUT2D eigenvalue weighted by Crippen LogP contribution is -2.20. The van der Waals surface area contributed by atoms with Gasteiger partial charge in [-0.15, -0.1) is 0 Å². The first-order valence-electron chi connectivity index (χ1n) is 4.74. The van der Waals surface area contributed by atoms with E-state index in [1.54, 1.807) is 6.92 Å². The van der Waals surface area contributed by atoms with Gasteiger partial charge in [0.05, 0.1) is 6.10 Å². The maximum absolute atomic E-state index is 11.5. The van der Waals surface area contributed by atoms with Crippen molar-refractivity contribution in [2.75, 3.05) is 0 Å². The van der Waals surface area contributed by atoms with Gasteiger partial charge in [0.15, 0.2) is 0 Å². The Morgan fingerprint density at radius 3 is 2.50 bits per heavy atom. The number of carbonyl (C=O) groups is 1. The van der Waals surface area contributed by atoms with Gasteiger partial charge >= 0.3 is 0 Å². The third-order valence-electron chi connectivity index (χ3n) is 2.86. The normalized spacial score (nSPS) is 38.7. The van der Waals surface area contributed by atoms with Crippen LogP contribution in [0.4, 0.5) is 0 Å². The van der Waals surface area contributed by atoms with Gasteiger partial charge in [0.2, 0.25) is 0 Å². The molecule has 70 valence electrons. The van der Waals surface area contributed by atoms with E-state index in [4.69, 9.17) is 0 Å². The topological polar surface area (TPSA) is 37.3 Å². The molecule has 4 atom stereocenters. The van der Waals surface area contributed by atoms with Crippen LogP contribution in [-0.4, -0.2) is 17.0 Å². The van der Waals surface area contributed by atoms with Crippen molar-refractivity contribution >= 4 is 5.78 Å². The van der Waals surface area contributed by atoms with Gasteiger partial charge in [-0.05, 0) is 25.7 Å². The molecule has 0 radical (unpaired) electrons. The predicted molar refractivity (Wildman–Crippen MR) is 47.7 cm³/mol. The van der Waals surface area contributed by atoms with Crippen LogP contribution in [0.2, 0.25) is 0 Å². The maximum atomic E-state index is 11.5. The van der Waals surface area contributed by atoms with Crippen LogP contribution in [0.3, 0.4) is 0 Å². The molecule has 0 amide bonds. The Bertz CT molecular complexity index is 175. The van der Waals surface area contributed by atoms with E-state index in [-0.39, 0.29) is 17.9 Å². The minimum atomic E-state index is -0.341. The second-order valence-corrected chi connectivity index (χ2v) is 4.21. The van der Waals surface area contributed by atoms with Crippen LogP contribution in [0.5, 0.6) is 0 Å². The molecular formula is C10H18O2. The quantitative estimate of drug-likeness (QED) is 0.683. The highest BCUT2D eigenvalue weighted by molar-refractivity contribution is 5.85. The zero-order valence-electron chi connectivity index (χ0n) is 8.08. The number of hydrogen-bond acceptors (Lipinski definition) is 2. The fourth-order valence-electron chi connectivity index (χ4n) is 2.20. The number of rotatable bonds is 2. The Hall–Kier alpha value is -0.370. The number of carbonyl (C=O) groups excluding carboxylic acids is 1.